The summed E-state index contributed by atoms with van der Waals surface area (Å²) < 4.78 is 11.0. The summed E-state index contributed by atoms with van der Waals surface area (Å²) in [6, 6.07) is 15.3. The average molecular weight is 434 g/mol. The van der Waals surface area contributed by atoms with Crippen LogP contribution in [0, 0.1) is 0 Å². The number of imidazole rings is 1. The third-order valence-corrected chi connectivity index (χ3v) is 7.06. The Bertz CT molecular complexity index is 1040. The van der Waals surface area contributed by atoms with Gasteiger partial charge in [-0.05, 0) is 49.2 Å². The summed E-state index contributed by atoms with van der Waals surface area (Å²) in [5.41, 5.74) is 3.50. The first kappa shape index (κ1) is 20.0. The summed E-state index contributed by atoms with van der Waals surface area (Å²) in [6.45, 7) is 9.07. The molecule has 6 rings (SSSR count). The Morgan fingerprint density at radius 2 is 1.78 bits per heavy atom. The van der Waals surface area contributed by atoms with E-state index in [0.29, 0.717) is 12.8 Å². The van der Waals surface area contributed by atoms with Crippen molar-refractivity contribution in [1.29, 1.82) is 0 Å². The van der Waals surface area contributed by atoms with Crippen LogP contribution in [0.25, 0.3) is 11.0 Å². The van der Waals surface area contributed by atoms with E-state index in [1.165, 1.54) is 18.4 Å². The number of nitrogens with zero attached hydrogens (tertiary/aromatic N) is 4. The molecule has 1 N–H and O–H groups in total. The number of aromatic amines is 1. The molecule has 0 amide bonds. The number of piperidine rings is 1. The number of hydrogen-bond acceptors (Lipinski definition) is 6. The predicted octanol–water partition coefficient (Wildman–Crippen LogP) is 3.07. The van der Waals surface area contributed by atoms with Crippen LogP contribution in [0.2, 0.25) is 0 Å². The fourth-order valence-corrected chi connectivity index (χ4v) is 5.35. The van der Waals surface area contributed by atoms with Gasteiger partial charge in [0.25, 0.3) is 0 Å². The van der Waals surface area contributed by atoms with Gasteiger partial charge in [0, 0.05) is 45.3 Å². The minimum Gasteiger partial charge on any atom is -0.454 e. The lowest BCUT2D eigenvalue weighted by Gasteiger charge is -2.43. The second-order valence-electron chi connectivity index (χ2n) is 9.23. The van der Waals surface area contributed by atoms with Gasteiger partial charge in [-0.3, -0.25) is 14.7 Å². The minimum absolute atomic E-state index is 0.339. The molecule has 4 heterocycles. The number of H-pyrrole nitrogens is 1. The number of ether oxygens (including phenoxy) is 2. The maximum Gasteiger partial charge on any atom is 0.231 e. The van der Waals surface area contributed by atoms with E-state index in [0.717, 1.165) is 80.7 Å². The van der Waals surface area contributed by atoms with Gasteiger partial charge in [-0.2, -0.15) is 0 Å². The van der Waals surface area contributed by atoms with Crippen LogP contribution in [0.3, 0.4) is 0 Å². The molecule has 3 aliphatic rings. The maximum absolute atomic E-state index is 5.53. The zero-order valence-corrected chi connectivity index (χ0v) is 18.5. The molecule has 0 unspecified atom stereocenters. The van der Waals surface area contributed by atoms with Crippen molar-refractivity contribution < 1.29 is 9.47 Å². The summed E-state index contributed by atoms with van der Waals surface area (Å²) in [5.74, 6) is 2.83. The zero-order valence-electron chi connectivity index (χ0n) is 18.5. The quantitative estimate of drug-likeness (QED) is 0.668. The van der Waals surface area contributed by atoms with Gasteiger partial charge >= 0.3 is 0 Å². The van der Waals surface area contributed by atoms with E-state index in [1.54, 1.807) is 0 Å². The molecule has 3 aliphatic heterocycles. The van der Waals surface area contributed by atoms with E-state index < -0.39 is 0 Å². The molecule has 2 saturated heterocycles. The van der Waals surface area contributed by atoms with Crippen molar-refractivity contribution in [3.8, 4) is 11.5 Å². The molecule has 1 atom stereocenters. The van der Waals surface area contributed by atoms with Gasteiger partial charge in [0.05, 0.1) is 17.6 Å². The molecule has 1 aromatic heterocycles. The summed E-state index contributed by atoms with van der Waals surface area (Å²) in [7, 11) is 0. The highest BCUT2D eigenvalue weighted by Crippen LogP contribution is 2.33. The molecule has 32 heavy (non-hydrogen) atoms. The van der Waals surface area contributed by atoms with E-state index in [1.807, 2.05) is 6.07 Å². The number of likely N-dealkylation sites (tertiary alicyclic amines) is 1. The maximum atomic E-state index is 5.53. The van der Waals surface area contributed by atoms with E-state index in [-0.39, 0.29) is 0 Å². The van der Waals surface area contributed by atoms with Gasteiger partial charge in [0.1, 0.15) is 5.82 Å². The Hall–Kier alpha value is -2.61. The SMILES string of the molecule is c1ccc2[nH]c(CN3CCC[C@@H](N4CCN(Cc5ccc6c(c5)OCO6)CC4)C3)nc2c1. The number of benzene rings is 2. The standard InChI is InChI=1S/C25H31N5O2/c1-2-6-22-21(5-1)26-25(27-22)17-29-9-3-4-20(16-29)30-12-10-28(11-13-30)15-19-7-8-23-24(14-19)32-18-31-23/h1-2,5-8,14,20H,3-4,9-13,15-18H2,(H,26,27)/t20-/m1/s1. The normalized spacial score (nSPS) is 22.6. The Labute approximate surface area is 188 Å². The van der Waals surface area contributed by atoms with Gasteiger partial charge in [-0.15, -0.1) is 0 Å². The minimum atomic E-state index is 0.339. The number of fused-ring (bicyclic) bond motifs is 2. The van der Waals surface area contributed by atoms with E-state index >= 15 is 0 Å². The van der Waals surface area contributed by atoms with Crippen molar-refractivity contribution in [3.63, 3.8) is 0 Å². The highest BCUT2D eigenvalue weighted by atomic mass is 16.7. The molecule has 0 bridgehead atoms. The van der Waals surface area contributed by atoms with Gasteiger partial charge < -0.3 is 14.5 Å². The van der Waals surface area contributed by atoms with Crippen LogP contribution in [-0.4, -0.2) is 76.8 Å². The Kier molecular flexibility index (Phi) is 5.46. The number of aromatic nitrogens is 2. The lowest BCUT2D eigenvalue weighted by atomic mass is 10.0. The number of hydrogen-bond donors (Lipinski definition) is 1. The molecule has 7 heteroatoms. The van der Waals surface area contributed by atoms with Crippen molar-refractivity contribution in [3.05, 3.63) is 53.9 Å². The van der Waals surface area contributed by atoms with Gasteiger partial charge in [0.2, 0.25) is 6.79 Å². The number of para-hydroxylation sites is 2. The summed E-state index contributed by atoms with van der Waals surface area (Å²) in [6.07, 6.45) is 2.57. The predicted molar refractivity (Wildman–Crippen MR) is 124 cm³/mol. The highest BCUT2D eigenvalue weighted by Gasteiger charge is 2.28. The molecule has 2 fully saturated rings. The van der Waals surface area contributed by atoms with Crippen LogP contribution in [-0.2, 0) is 13.1 Å². The van der Waals surface area contributed by atoms with Crippen molar-refractivity contribution in [2.75, 3.05) is 46.1 Å². The van der Waals surface area contributed by atoms with Gasteiger partial charge in [-0.25, -0.2) is 4.98 Å². The van der Waals surface area contributed by atoms with Crippen molar-refractivity contribution >= 4 is 11.0 Å². The number of nitrogens with one attached hydrogen (secondary N) is 1. The monoisotopic (exact) mass is 433 g/mol. The fourth-order valence-electron chi connectivity index (χ4n) is 5.35. The molecule has 0 aliphatic carbocycles. The average Bonchev–Trinajstić information content (AvgIpc) is 3.45. The van der Waals surface area contributed by atoms with Crippen molar-refractivity contribution in [2.45, 2.75) is 32.0 Å². The van der Waals surface area contributed by atoms with E-state index in [2.05, 4.69) is 56.1 Å². The molecule has 168 valence electrons. The fraction of sp³-hybridized carbons (Fsp3) is 0.480. The summed E-state index contributed by atoms with van der Waals surface area (Å²) in [5, 5.41) is 0. The van der Waals surface area contributed by atoms with Crippen molar-refractivity contribution in [1.82, 2.24) is 24.7 Å². The first-order valence-electron chi connectivity index (χ1n) is 11.8. The summed E-state index contributed by atoms with van der Waals surface area (Å²) >= 11 is 0. The molecule has 7 nitrogen and oxygen atoms in total. The Balaban J connectivity index is 1.02. The van der Waals surface area contributed by atoms with Crippen LogP contribution in [0.5, 0.6) is 11.5 Å². The first-order chi connectivity index (χ1) is 15.8. The smallest absolute Gasteiger partial charge is 0.231 e. The number of piperazine rings is 1. The van der Waals surface area contributed by atoms with Crippen LogP contribution in [0.15, 0.2) is 42.5 Å². The third-order valence-electron chi connectivity index (χ3n) is 7.06. The second kappa shape index (κ2) is 8.73. The lowest BCUT2D eigenvalue weighted by molar-refractivity contribution is 0.0471. The molecule has 2 aromatic carbocycles. The van der Waals surface area contributed by atoms with Crippen LogP contribution < -0.4 is 9.47 Å². The van der Waals surface area contributed by atoms with Crippen molar-refractivity contribution in [2.24, 2.45) is 0 Å². The summed E-state index contributed by atoms with van der Waals surface area (Å²) in [4.78, 5) is 16.1. The molecule has 0 radical (unpaired) electrons. The van der Waals surface area contributed by atoms with Crippen LogP contribution >= 0.6 is 0 Å². The lowest BCUT2D eigenvalue weighted by Crippen LogP contribution is -2.54. The van der Waals surface area contributed by atoms with E-state index in [4.69, 9.17) is 14.5 Å². The van der Waals surface area contributed by atoms with E-state index in [9.17, 15) is 0 Å². The molecular formula is C25H31N5O2. The molecular weight excluding hydrogens is 402 g/mol. The van der Waals surface area contributed by atoms with Gasteiger partial charge in [0.15, 0.2) is 11.5 Å². The largest absolute Gasteiger partial charge is 0.454 e. The zero-order chi connectivity index (χ0) is 21.3. The van der Waals surface area contributed by atoms with Crippen LogP contribution in [0.1, 0.15) is 24.2 Å². The topological polar surface area (TPSA) is 56.9 Å². The Morgan fingerprint density at radius 3 is 2.69 bits per heavy atom. The highest BCUT2D eigenvalue weighted by molar-refractivity contribution is 5.74. The second-order valence-corrected chi connectivity index (χ2v) is 9.23. The Morgan fingerprint density at radius 1 is 0.906 bits per heavy atom. The molecule has 0 saturated carbocycles. The molecule has 0 spiro atoms. The van der Waals surface area contributed by atoms with Crippen LogP contribution in [0.4, 0.5) is 0 Å². The molecule has 3 aromatic rings. The van der Waals surface area contributed by atoms with Gasteiger partial charge in [-0.1, -0.05) is 18.2 Å². The third kappa shape index (κ3) is 4.20. The number of rotatable bonds is 5. The first-order valence-corrected chi connectivity index (χ1v) is 11.8.